The van der Waals surface area contributed by atoms with Gasteiger partial charge in [-0.05, 0) is 31.9 Å². The number of halogens is 1. The molecule has 1 aromatic heterocycles. The van der Waals surface area contributed by atoms with Crippen LogP contribution in [-0.2, 0) is 6.42 Å². The average molecular weight is 357 g/mol. The maximum atomic E-state index is 13.4. The molecule has 2 aromatic rings. The molecule has 3 nitrogen and oxygen atoms in total. The van der Waals surface area contributed by atoms with Gasteiger partial charge in [0.25, 0.3) is 0 Å². The average Bonchev–Trinajstić information content (AvgIpc) is 3.35. The Morgan fingerprint density at radius 2 is 2.00 bits per heavy atom. The molecule has 0 aliphatic heterocycles. The summed E-state index contributed by atoms with van der Waals surface area (Å²) in [6, 6.07) is 7.39. The summed E-state index contributed by atoms with van der Waals surface area (Å²) in [6.07, 6.45) is 10.0. The number of unbranched alkanes of at least 4 members (excludes halogenated alkanes) is 4. The summed E-state index contributed by atoms with van der Waals surface area (Å²) in [6.45, 7) is 4.04. The summed E-state index contributed by atoms with van der Waals surface area (Å²) < 4.78 is 15.1. The van der Waals surface area contributed by atoms with Gasteiger partial charge in [0.05, 0.1) is 11.2 Å². The lowest BCUT2D eigenvalue weighted by Gasteiger charge is -2.18. The quantitative estimate of drug-likeness (QED) is 0.471. The molecular weight excluding hydrogens is 329 g/mol. The zero-order valence-corrected chi connectivity index (χ0v) is 15.7. The van der Waals surface area contributed by atoms with Crippen molar-refractivity contribution in [2.75, 3.05) is 0 Å². The van der Waals surface area contributed by atoms with E-state index in [1.165, 1.54) is 25.7 Å². The Kier molecular flexibility index (Phi) is 6.12. The summed E-state index contributed by atoms with van der Waals surface area (Å²) in [5, 5.41) is 0.619. The predicted octanol–water partition coefficient (Wildman–Crippen LogP) is 4.92. The highest BCUT2D eigenvalue weighted by atomic mass is 19.1. The summed E-state index contributed by atoms with van der Waals surface area (Å²) in [7, 11) is 0. The number of alkyl halides is 1. The number of hydrogen-bond donors (Lipinski definition) is 0. The topological polar surface area (TPSA) is 31.2 Å². The number of para-hydroxylation sites is 1. The molecule has 1 aromatic carbocycles. The van der Waals surface area contributed by atoms with Crippen LogP contribution in [0.1, 0.15) is 56.7 Å². The molecule has 2 atom stereocenters. The smallest absolute Gasteiger partial charge is 0.192 e. The summed E-state index contributed by atoms with van der Waals surface area (Å²) in [5.74, 6) is 0. The Morgan fingerprint density at radius 3 is 2.73 bits per heavy atom. The molecule has 4 heteroatoms. The van der Waals surface area contributed by atoms with Crippen LogP contribution in [0.5, 0.6) is 0 Å². The third kappa shape index (κ3) is 4.17. The zero-order valence-electron chi connectivity index (χ0n) is 15.7. The van der Waals surface area contributed by atoms with Crippen molar-refractivity contribution in [2.24, 2.45) is 0 Å². The van der Waals surface area contributed by atoms with E-state index < -0.39 is 12.3 Å². The van der Waals surface area contributed by atoms with Gasteiger partial charge >= 0.3 is 0 Å². The van der Waals surface area contributed by atoms with Gasteiger partial charge in [-0.15, -0.1) is 0 Å². The van der Waals surface area contributed by atoms with Crippen molar-refractivity contribution in [3.05, 3.63) is 57.9 Å². The van der Waals surface area contributed by atoms with Crippen molar-refractivity contribution in [1.29, 1.82) is 0 Å². The van der Waals surface area contributed by atoms with Crippen LogP contribution < -0.4 is 10.3 Å². The minimum Gasteiger partial charge on any atom is -0.407 e. The van der Waals surface area contributed by atoms with E-state index in [4.69, 9.17) is 4.84 Å². The van der Waals surface area contributed by atoms with E-state index in [1.807, 2.05) is 25.1 Å². The molecular formula is C22H28FNO2. The molecule has 2 unspecified atom stereocenters. The number of benzene rings is 1. The highest BCUT2D eigenvalue weighted by Crippen LogP contribution is 2.28. The SMILES string of the molecule is CCCCCC/C=C/Cc1c(C)c(=O)c2ccccc2n1OC1CC1F. The third-order valence-corrected chi connectivity index (χ3v) is 4.99. The van der Waals surface area contributed by atoms with Crippen molar-refractivity contribution in [3.63, 3.8) is 0 Å². The van der Waals surface area contributed by atoms with E-state index in [-0.39, 0.29) is 5.43 Å². The number of pyridine rings is 1. The lowest BCUT2D eigenvalue weighted by atomic mass is 10.1. The van der Waals surface area contributed by atoms with Crippen LogP contribution in [0.4, 0.5) is 4.39 Å². The van der Waals surface area contributed by atoms with Gasteiger partial charge in [0, 0.05) is 23.8 Å². The van der Waals surface area contributed by atoms with E-state index in [2.05, 4.69) is 19.1 Å². The first kappa shape index (κ1) is 18.7. The molecule has 1 saturated carbocycles. The molecule has 0 saturated heterocycles. The van der Waals surface area contributed by atoms with E-state index >= 15 is 0 Å². The van der Waals surface area contributed by atoms with Gasteiger partial charge in [0.15, 0.2) is 11.5 Å². The fourth-order valence-electron chi connectivity index (χ4n) is 3.22. The van der Waals surface area contributed by atoms with Gasteiger partial charge < -0.3 is 4.84 Å². The summed E-state index contributed by atoms with van der Waals surface area (Å²) in [4.78, 5) is 18.6. The third-order valence-electron chi connectivity index (χ3n) is 4.99. The molecule has 0 bridgehead atoms. The second-order valence-corrected chi connectivity index (χ2v) is 7.13. The Labute approximate surface area is 154 Å². The van der Waals surface area contributed by atoms with Crippen LogP contribution in [0.25, 0.3) is 10.9 Å². The Balaban J connectivity index is 1.85. The van der Waals surface area contributed by atoms with Gasteiger partial charge in [-0.1, -0.05) is 50.5 Å². The van der Waals surface area contributed by atoms with E-state index in [0.29, 0.717) is 29.3 Å². The first-order chi connectivity index (χ1) is 12.6. The molecule has 0 spiro atoms. The van der Waals surface area contributed by atoms with Crippen molar-refractivity contribution in [1.82, 2.24) is 4.73 Å². The first-order valence-corrected chi connectivity index (χ1v) is 9.73. The van der Waals surface area contributed by atoms with Crippen LogP contribution in [-0.4, -0.2) is 17.0 Å². The largest absolute Gasteiger partial charge is 0.407 e. The molecule has 0 amide bonds. The molecule has 0 N–H and O–H groups in total. The normalized spacial score (nSPS) is 19.3. The number of allylic oxidation sites excluding steroid dienone is 2. The molecule has 1 heterocycles. The van der Waals surface area contributed by atoms with Crippen molar-refractivity contribution in [2.45, 2.75) is 71.1 Å². The fraction of sp³-hybridized carbons (Fsp3) is 0.500. The van der Waals surface area contributed by atoms with Crippen LogP contribution in [0.15, 0.2) is 41.2 Å². The highest BCUT2D eigenvalue weighted by Gasteiger charge is 2.41. The fourth-order valence-corrected chi connectivity index (χ4v) is 3.22. The van der Waals surface area contributed by atoms with Crippen molar-refractivity contribution >= 4 is 10.9 Å². The number of aromatic nitrogens is 1. The van der Waals surface area contributed by atoms with Gasteiger partial charge in [-0.3, -0.25) is 4.79 Å². The number of fused-ring (bicyclic) bond motifs is 1. The minimum atomic E-state index is -0.907. The Bertz CT molecular complexity index is 840. The van der Waals surface area contributed by atoms with Gasteiger partial charge in [0.1, 0.15) is 6.17 Å². The second-order valence-electron chi connectivity index (χ2n) is 7.13. The standard InChI is InChI=1S/C22H28FNO2/c1-3-4-5-6-7-8-9-13-19-16(2)22(25)17-12-10-11-14-20(17)24(19)26-21-15-18(21)23/h8-12,14,18,21H,3-7,13,15H2,1-2H3/b9-8+. The number of rotatable bonds is 9. The van der Waals surface area contributed by atoms with Crippen molar-refractivity contribution < 1.29 is 9.23 Å². The Hall–Kier alpha value is -2.10. The van der Waals surface area contributed by atoms with Gasteiger partial charge in [-0.25, -0.2) is 4.39 Å². The van der Waals surface area contributed by atoms with E-state index in [9.17, 15) is 9.18 Å². The monoisotopic (exact) mass is 357 g/mol. The van der Waals surface area contributed by atoms with E-state index in [1.54, 1.807) is 10.8 Å². The minimum absolute atomic E-state index is 0.0272. The van der Waals surface area contributed by atoms with Gasteiger partial charge in [0.2, 0.25) is 0 Å². The highest BCUT2D eigenvalue weighted by molar-refractivity contribution is 5.79. The molecule has 0 radical (unpaired) electrons. The molecule has 1 fully saturated rings. The second kappa shape index (κ2) is 8.52. The maximum Gasteiger partial charge on any atom is 0.192 e. The zero-order chi connectivity index (χ0) is 18.5. The van der Waals surface area contributed by atoms with E-state index in [0.717, 1.165) is 12.1 Å². The van der Waals surface area contributed by atoms with Crippen LogP contribution in [0.2, 0.25) is 0 Å². The molecule has 140 valence electrons. The number of nitrogens with zero attached hydrogens (tertiary/aromatic N) is 1. The molecule has 26 heavy (non-hydrogen) atoms. The Morgan fingerprint density at radius 1 is 1.23 bits per heavy atom. The molecule has 1 aliphatic rings. The first-order valence-electron chi connectivity index (χ1n) is 9.73. The van der Waals surface area contributed by atoms with Crippen LogP contribution in [0, 0.1) is 6.92 Å². The lowest BCUT2D eigenvalue weighted by molar-refractivity contribution is 0.0839. The van der Waals surface area contributed by atoms with Crippen molar-refractivity contribution in [3.8, 4) is 0 Å². The lowest BCUT2D eigenvalue weighted by Crippen LogP contribution is -2.25. The predicted molar refractivity (Wildman–Crippen MR) is 104 cm³/mol. The van der Waals surface area contributed by atoms with Crippen LogP contribution in [0.3, 0.4) is 0 Å². The van der Waals surface area contributed by atoms with Gasteiger partial charge in [-0.2, -0.15) is 4.73 Å². The molecule has 1 aliphatic carbocycles. The summed E-state index contributed by atoms with van der Waals surface area (Å²) in [5.41, 5.74) is 2.24. The maximum absolute atomic E-state index is 13.4. The summed E-state index contributed by atoms with van der Waals surface area (Å²) >= 11 is 0. The van der Waals surface area contributed by atoms with Crippen LogP contribution >= 0.6 is 0 Å². The number of hydrogen-bond acceptors (Lipinski definition) is 2. The molecule has 3 rings (SSSR count).